The first-order chi connectivity index (χ1) is 8.58. The van der Waals surface area contributed by atoms with Crippen molar-refractivity contribution in [3.63, 3.8) is 0 Å². The van der Waals surface area contributed by atoms with Gasteiger partial charge in [-0.1, -0.05) is 0 Å². The van der Waals surface area contributed by atoms with Crippen LogP contribution in [0, 0.1) is 6.92 Å². The number of hydrogen-bond donors (Lipinski definition) is 1. The average Bonchev–Trinajstić information content (AvgIpc) is 2.94. The van der Waals surface area contributed by atoms with Gasteiger partial charge >= 0.3 is 5.97 Å². The first kappa shape index (κ1) is 12.4. The van der Waals surface area contributed by atoms with Crippen molar-refractivity contribution in [2.24, 2.45) is 0 Å². The van der Waals surface area contributed by atoms with Crippen LogP contribution in [0.4, 0.5) is 0 Å². The Morgan fingerprint density at radius 3 is 3.06 bits per heavy atom. The summed E-state index contributed by atoms with van der Waals surface area (Å²) in [5, 5.41) is 12.5. The summed E-state index contributed by atoms with van der Waals surface area (Å²) in [4.78, 5) is 24.1. The molecule has 1 N–H and O–H groups in total. The molecule has 2 heterocycles. The van der Waals surface area contributed by atoms with Gasteiger partial charge in [0.15, 0.2) is 6.61 Å². The molecule has 7 nitrogen and oxygen atoms in total. The third-order valence-electron chi connectivity index (χ3n) is 2.81. The van der Waals surface area contributed by atoms with Gasteiger partial charge in [-0.3, -0.25) is 4.79 Å². The maximum absolute atomic E-state index is 11.8. The number of carbonyl (C=O) groups excluding carboxylic acids is 1. The number of amides is 1. The number of hydrogen-bond acceptors (Lipinski definition) is 5. The Hall–Kier alpha value is -2.05. The highest BCUT2D eigenvalue weighted by Crippen LogP contribution is 2.18. The summed E-state index contributed by atoms with van der Waals surface area (Å²) in [6.07, 6.45) is 1.19. The van der Waals surface area contributed by atoms with Crippen molar-refractivity contribution in [1.29, 1.82) is 0 Å². The van der Waals surface area contributed by atoms with Gasteiger partial charge in [0.05, 0.1) is 0 Å². The van der Waals surface area contributed by atoms with E-state index in [4.69, 9.17) is 14.4 Å². The molecule has 0 spiro atoms. The van der Waals surface area contributed by atoms with Crippen molar-refractivity contribution < 1.29 is 24.0 Å². The van der Waals surface area contributed by atoms with Gasteiger partial charge in [-0.2, -0.15) is 0 Å². The Morgan fingerprint density at radius 1 is 1.67 bits per heavy atom. The lowest BCUT2D eigenvalue weighted by atomic mass is 10.2. The lowest BCUT2D eigenvalue weighted by Crippen LogP contribution is -2.42. The number of rotatable bonds is 4. The molecule has 1 saturated heterocycles. The highest BCUT2D eigenvalue weighted by atomic mass is 16.5. The van der Waals surface area contributed by atoms with E-state index in [2.05, 4.69) is 5.16 Å². The minimum absolute atomic E-state index is 0.226. The van der Waals surface area contributed by atoms with Gasteiger partial charge in [0.1, 0.15) is 11.8 Å². The van der Waals surface area contributed by atoms with E-state index in [-0.39, 0.29) is 18.4 Å². The molecule has 1 atom stereocenters. The van der Waals surface area contributed by atoms with Gasteiger partial charge < -0.3 is 19.3 Å². The number of likely N-dealkylation sites (tertiary alicyclic amines) is 1. The molecule has 1 aliphatic rings. The largest absolute Gasteiger partial charge is 0.480 e. The van der Waals surface area contributed by atoms with Gasteiger partial charge in [0.2, 0.25) is 0 Å². The van der Waals surface area contributed by atoms with Crippen LogP contribution in [0.25, 0.3) is 0 Å². The molecular weight excluding hydrogens is 240 g/mol. The SMILES string of the molecule is Cc1cc(OCC(=O)N2CCC[C@@H]2C(=O)O)no1. The molecule has 7 heteroatoms. The number of aliphatic carboxylic acids is 1. The molecule has 0 radical (unpaired) electrons. The van der Waals surface area contributed by atoms with Crippen LogP contribution in [0.15, 0.2) is 10.6 Å². The predicted molar refractivity (Wildman–Crippen MR) is 59.1 cm³/mol. The summed E-state index contributed by atoms with van der Waals surface area (Å²) >= 11 is 0. The van der Waals surface area contributed by atoms with Crippen LogP contribution in [0.5, 0.6) is 5.88 Å². The summed E-state index contributed by atoms with van der Waals surface area (Å²) in [6, 6.07) is 0.825. The van der Waals surface area contributed by atoms with Gasteiger partial charge in [0.25, 0.3) is 11.8 Å². The molecule has 1 fully saturated rings. The van der Waals surface area contributed by atoms with E-state index in [1.54, 1.807) is 13.0 Å². The molecule has 0 aromatic carbocycles. The second kappa shape index (κ2) is 5.07. The molecule has 18 heavy (non-hydrogen) atoms. The quantitative estimate of drug-likeness (QED) is 0.837. The normalized spacial score (nSPS) is 18.9. The van der Waals surface area contributed by atoms with Crippen LogP contribution in [-0.2, 0) is 9.59 Å². The zero-order valence-corrected chi connectivity index (χ0v) is 9.96. The minimum atomic E-state index is -0.974. The molecule has 1 aromatic rings. The zero-order valence-electron chi connectivity index (χ0n) is 9.96. The molecule has 0 bridgehead atoms. The Labute approximate surface area is 103 Å². The number of nitrogens with zero attached hydrogens (tertiary/aromatic N) is 2. The van der Waals surface area contributed by atoms with Gasteiger partial charge in [-0.25, -0.2) is 4.79 Å². The number of carbonyl (C=O) groups is 2. The predicted octanol–water partition coefficient (Wildman–Crippen LogP) is 0.437. The van der Waals surface area contributed by atoms with Crippen molar-refractivity contribution in [1.82, 2.24) is 10.1 Å². The van der Waals surface area contributed by atoms with Crippen LogP contribution < -0.4 is 4.74 Å². The maximum Gasteiger partial charge on any atom is 0.326 e. The lowest BCUT2D eigenvalue weighted by Gasteiger charge is -2.20. The fraction of sp³-hybridized carbons (Fsp3) is 0.545. The van der Waals surface area contributed by atoms with Gasteiger partial charge in [-0.15, -0.1) is 0 Å². The van der Waals surface area contributed by atoms with E-state index in [1.165, 1.54) is 4.90 Å². The fourth-order valence-electron chi connectivity index (χ4n) is 1.95. The Balaban J connectivity index is 1.89. The second-order valence-electron chi connectivity index (χ2n) is 4.15. The summed E-state index contributed by atoms with van der Waals surface area (Å²) in [6.45, 7) is 1.94. The highest BCUT2D eigenvalue weighted by molar-refractivity contribution is 5.85. The van der Waals surface area contributed by atoms with E-state index in [0.717, 1.165) is 0 Å². The van der Waals surface area contributed by atoms with Crippen molar-refractivity contribution in [3.05, 3.63) is 11.8 Å². The smallest absolute Gasteiger partial charge is 0.326 e. The average molecular weight is 254 g/mol. The molecule has 0 unspecified atom stereocenters. The van der Waals surface area contributed by atoms with Crippen LogP contribution in [0.1, 0.15) is 18.6 Å². The third kappa shape index (κ3) is 2.61. The van der Waals surface area contributed by atoms with E-state index in [0.29, 0.717) is 25.1 Å². The maximum atomic E-state index is 11.8. The van der Waals surface area contributed by atoms with E-state index >= 15 is 0 Å². The molecule has 1 aliphatic heterocycles. The standard InChI is InChI=1S/C11H14N2O5/c1-7-5-9(12-18-7)17-6-10(14)13-4-2-3-8(13)11(15)16/h5,8H,2-4,6H2,1H3,(H,15,16)/t8-/m1/s1. The Kier molecular flexibility index (Phi) is 3.50. The Morgan fingerprint density at radius 2 is 2.44 bits per heavy atom. The number of aromatic nitrogens is 1. The van der Waals surface area contributed by atoms with E-state index in [1.807, 2.05) is 0 Å². The number of carboxylic acids is 1. The fourth-order valence-corrected chi connectivity index (χ4v) is 1.95. The molecule has 98 valence electrons. The highest BCUT2D eigenvalue weighted by Gasteiger charge is 2.34. The lowest BCUT2D eigenvalue weighted by molar-refractivity contribution is -0.149. The summed E-state index contributed by atoms with van der Waals surface area (Å²) < 4.78 is 9.93. The van der Waals surface area contributed by atoms with Crippen LogP contribution in [0.2, 0.25) is 0 Å². The minimum Gasteiger partial charge on any atom is -0.480 e. The van der Waals surface area contributed by atoms with Crippen molar-refractivity contribution in [2.75, 3.05) is 13.2 Å². The first-order valence-electron chi connectivity index (χ1n) is 5.66. The third-order valence-corrected chi connectivity index (χ3v) is 2.81. The van der Waals surface area contributed by atoms with Crippen molar-refractivity contribution >= 4 is 11.9 Å². The van der Waals surface area contributed by atoms with E-state index in [9.17, 15) is 9.59 Å². The first-order valence-corrected chi connectivity index (χ1v) is 5.66. The summed E-state index contributed by atoms with van der Waals surface area (Å²) in [5.41, 5.74) is 0. The number of aryl methyl sites for hydroxylation is 1. The van der Waals surface area contributed by atoms with Crippen LogP contribution in [-0.4, -0.2) is 46.2 Å². The van der Waals surface area contributed by atoms with Crippen LogP contribution in [0.3, 0.4) is 0 Å². The van der Waals surface area contributed by atoms with Gasteiger partial charge in [-0.05, 0) is 24.9 Å². The van der Waals surface area contributed by atoms with E-state index < -0.39 is 12.0 Å². The molecule has 0 saturated carbocycles. The zero-order chi connectivity index (χ0) is 13.1. The molecule has 0 aliphatic carbocycles. The number of ether oxygens (including phenoxy) is 1. The van der Waals surface area contributed by atoms with Crippen molar-refractivity contribution in [3.8, 4) is 5.88 Å². The molecule has 1 aromatic heterocycles. The second-order valence-corrected chi connectivity index (χ2v) is 4.15. The summed E-state index contributed by atoms with van der Waals surface area (Å²) in [5.74, 6) is -0.507. The molecule has 1 amide bonds. The van der Waals surface area contributed by atoms with Gasteiger partial charge in [0, 0.05) is 12.6 Å². The Bertz CT molecular complexity index is 456. The number of carboxylic acid groups (broad SMARTS) is 1. The topological polar surface area (TPSA) is 92.9 Å². The molecule has 2 rings (SSSR count). The molecular formula is C11H14N2O5. The van der Waals surface area contributed by atoms with Crippen LogP contribution >= 0.6 is 0 Å². The van der Waals surface area contributed by atoms with Crippen molar-refractivity contribution in [2.45, 2.75) is 25.8 Å². The summed E-state index contributed by atoms with van der Waals surface area (Å²) in [7, 11) is 0. The monoisotopic (exact) mass is 254 g/mol.